The molecule has 3 aromatic rings. The molecule has 2 aromatic carbocycles. The van der Waals surface area contributed by atoms with Crippen molar-refractivity contribution in [3.05, 3.63) is 87.2 Å². The lowest BCUT2D eigenvalue weighted by atomic mass is 10.0. The number of aryl methyl sites for hydroxylation is 1. The topological polar surface area (TPSA) is 42.6 Å². The predicted octanol–water partition coefficient (Wildman–Crippen LogP) is 6.44. The average molecular weight is 380 g/mol. The van der Waals surface area contributed by atoms with Crippen molar-refractivity contribution in [1.82, 2.24) is 0 Å². The first-order chi connectivity index (χ1) is 13.2. The molecule has 0 fully saturated rings. The van der Waals surface area contributed by atoms with Crippen LogP contribution in [0.3, 0.4) is 0 Å². The molecule has 0 radical (unpaired) electrons. The van der Waals surface area contributed by atoms with Gasteiger partial charge in [-0.25, -0.2) is 9.79 Å². The fraction of sp³-hybridized carbons (Fsp3) is 0.217. The fourth-order valence-corrected chi connectivity index (χ4v) is 3.10. The van der Waals surface area contributed by atoms with Crippen LogP contribution >= 0.6 is 11.6 Å². The summed E-state index contributed by atoms with van der Waals surface area (Å²) in [5.74, 6) is 0.578. The van der Waals surface area contributed by atoms with E-state index in [0.717, 1.165) is 42.4 Å². The Balaban J connectivity index is 1.99. The summed E-state index contributed by atoms with van der Waals surface area (Å²) in [5, 5.41) is 0.633. The zero-order valence-electron chi connectivity index (χ0n) is 15.3. The van der Waals surface area contributed by atoms with Gasteiger partial charge in [0.05, 0.1) is 0 Å². The monoisotopic (exact) mass is 379 g/mol. The molecule has 0 atom stereocenters. The predicted molar refractivity (Wildman–Crippen MR) is 112 cm³/mol. The van der Waals surface area contributed by atoms with Gasteiger partial charge in [0.15, 0.2) is 5.69 Å². The molecule has 0 saturated heterocycles. The van der Waals surface area contributed by atoms with Crippen molar-refractivity contribution >= 4 is 23.5 Å². The van der Waals surface area contributed by atoms with E-state index in [1.807, 2.05) is 54.6 Å². The third-order valence-corrected chi connectivity index (χ3v) is 4.54. The van der Waals surface area contributed by atoms with E-state index in [2.05, 4.69) is 11.9 Å². The summed E-state index contributed by atoms with van der Waals surface area (Å²) in [6.45, 7) is 2.16. The molecular formula is C23H22ClNO2. The summed E-state index contributed by atoms with van der Waals surface area (Å²) in [6.07, 6.45) is 5.69. The maximum Gasteiger partial charge on any atom is 0.362 e. The summed E-state index contributed by atoms with van der Waals surface area (Å²) in [7, 11) is 0. The standard InChI is InChI=1S/C23H22ClNO2/c1-2-3-5-12-19-15-21(18-10-6-4-7-11-18)27-23(26)22(19)25-16-17-9-8-13-20(24)14-17/h4,6-11,13-16H,2-3,5,12H2,1H3. The minimum Gasteiger partial charge on any atom is -0.421 e. The Bertz CT molecular complexity index is 977. The third-order valence-electron chi connectivity index (χ3n) is 4.30. The lowest BCUT2D eigenvalue weighted by molar-refractivity contribution is 0.524. The summed E-state index contributed by atoms with van der Waals surface area (Å²) >= 11 is 6.02. The second-order valence-corrected chi connectivity index (χ2v) is 6.84. The van der Waals surface area contributed by atoms with E-state index in [-0.39, 0.29) is 0 Å². The van der Waals surface area contributed by atoms with Gasteiger partial charge in [0, 0.05) is 16.8 Å². The normalized spacial score (nSPS) is 11.2. The Hall–Kier alpha value is -2.65. The number of unbranched alkanes of at least 4 members (excludes halogenated alkanes) is 2. The lowest BCUT2D eigenvalue weighted by Gasteiger charge is -2.07. The quantitative estimate of drug-likeness (QED) is 0.350. The minimum absolute atomic E-state index is 0.366. The van der Waals surface area contributed by atoms with Crippen LogP contribution in [-0.4, -0.2) is 6.21 Å². The molecule has 0 unspecified atom stereocenters. The lowest BCUT2D eigenvalue weighted by Crippen LogP contribution is -2.04. The maximum atomic E-state index is 12.6. The highest BCUT2D eigenvalue weighted by Crippen LogP contribution is 2.25. The molecule has 0 aliphatic rings. The molecule has 27 heavy (non-hydrogen) atoms. The molecule has 138 valence electrons. The average Bonchev–Trinajstić information content (AvgIpc) is 2.68. The molecule has 1 aromatic heterocycles. The van der Waals surface area contributed by atoms with E-state index in [9.17, 15) is 4.79 Å². The zero-order valence-corrected chi connectivity index (χ0v) is 16.1. The molecule has 0 bridgehead atoms. The molecular weight excluding hydrogens is 358 g/mol. The summed E-state index contributed by atoms with van der Waals surface area (Å²) in [5.41, 5.74) is 2.59. The van der Waals surface area contributed by atoms with Gasteiger partial charge >= 0.3 is 5.63 Å². The van der Waals surface area contributed by atoms with Crippen molar-refractivity contribution < 1.29 is 4.42 Å². The highest BCUT2D eigenvalue weighted by Gasteiger charge is 2.12. The Morgan fingerprint density at radius 2 is 1.85 bits per heavy atom. The minimum atomic E-state index is -0.416. The molecule has 0 amide bonds. The van der Waals surface area contributed by atoms with Crippen molar-refractivity contribution in [3.63, 3.8) is 0 Å². The van der Waals surface area contributed by atoms with Crippen molar-refractivity contribution in [2.45, 2.75) is 32.6 Å². The molecule has 0 aliphatic heterocycles. The summed E-state index contributed by atoms with van der Waals surface area (Å²) < 4.78 is 5.56. The van der Waals surface area contributed by atoms with Crippen molar-refractivity contribution in [2.75, 3.05) is 0 Å². The van der Waals surface area contributed by atoms with Gasteiger partial charge in [-0.3, -0.25) is 0 Å². The van der Waals surface area contributed by atoms with Crippen LogP contribution in [0, 0.1) is 0 Å². The van der Waals surface area contributed by atoms with Gasteiger partial charge in [-0.1, -0.05) is 73.8 Å². The molecule has 0 N–H and O–H groups in total. The van der Waals surface area contributed by atoms with Gasteiger partial charge in [-0.05, 0) is 42.2 Å². The second-order valence-electron chi connectivity index (χ2n) is 6.41. The van der Waals surface area contributed by atoms with E-state index < -0.39 is 5.63 Å². The molecule has 0 saturated carbocycles. The Morgan fingerprint density at radius 1 is 1.04 bits per heavy atom. The van der Waals surface area contributed by atoms with Gasteiger partial charge in [-0.2, -0.15) is 0 Å². The van der Waals surface area contributed by atoms with Gasteiger partial charge < -0.3 is 4.42 Å². The number of aliphatic imine (C=N–C) groups is 1. The molecule has 1 heterocycles. The SMILES string of the molecule is CCCCCc1cc(-c2ccccc2)oc(=O)c1N=Cc1cccc(Cl)c1. The largest absolute Gasteiger partial charge is 0.421 e. The molecule has 3 nitrogen and oxygen atoms in total. The molecule has 3 rings (SSSR count). The van der Waals surface area contributed by atoms with E-state index in [1.54, 1.807) is 12.3 Å². The van der Waals surface area contributed by atoms with Crippen LogP contribution in [0.1, 0.15) is 37.3 Å². The smallest absolute Gasteiger partial charge is 0.362 e. The highest BCUT2D eigenvalue weighted by molar-refractivity contribution is 6.30. The van der Waals surface area contributed by atoms with Gasteiger partial charge in [0.25, 0.3) is 0 Å². The van der Waals surface area contributed by atoms with Crippen molar-refractivity contribution in [1.29, 1.82) is 0 Å². The van der Waals surface area contributed by atoms with E-state index in [0.29, 0.717) is 16.5 Å². The number of hydrogen-bond acceptors (Lipinski definition) is 3. The van der Waals surface area contributed by atoms with Gasteiger partial charge in [0.2, 0.25) is 0 Å². The van der Waals surface area contributed by atoms with E-state index in [1.165, 1.54) is 0 Å². The fourth-order valence-electron chi connectivity index (χ4n) is 2.90. The van der Waals surface area contributed by atoms with Crippen LogP contribution in [0.2, 0.25) is 5.02 Å². The number of hydrogen-bond donors (Lipinski definition) is 0. The van der Waals surface area contributed by atoms with Crippen LogP contribution < -0.4 is 5.63 Å². The Morgan fingerprint density at radius 3 is 2.59 bits per heavy atom. The maximum absolute atomic E-state index is 12.6. The van der Waals surface area contributed by atoms with E-state index in [4.69, 9.17) is 16.0 Å². The molecule has 0 spiro atoms. The molecule has 4 heteroatoms. The van der Waals surface area contributed by atoms with Crippen LogP contribution in [0.5, 0.6) is 0 Å². The van der Waals surface area contributed by atoms with Crippen LogP contribution in [0.15, 0.2) is 74.9 Å². The van der Waals surface area contributed by atoms with Crippen LogP contribution in [0.4, 0.5) is 5.69 Å². The van der Waals surface area contributed by atoms with Crippen LogP contribution in [-0.2, 0) is 6.42 Å². The highest BCUT2D eigenvalue weighted by atomic mass is 35.5. The Labute approximate surface area is 164 Å². The first-order valence-electron chi connectivity index (χ1n) is 9.19. The first kappa shape index (κ1) is 19.1. The number of halogens is 1. The molecule has 0 aliphatic carbocycles. The number of nitrogens with zero attached hydrogens (tertiary/aromatic N) is 1. The van der Waals surface area contributed by atoms with Crippen LogP contribution in [0.25, 0.3) is 11.3 Å². The van der Waals surface area contributed by atoms with Crippen molar-refractivity contribution in [2.24, 2.45) is 4.99 Å². The number of rotatable bonds is 7. The van der Waals surface area contributed by atoms with Gasteiger partial charge in [0.1, 0.15) is 5.76 Å². The summed E-state index contributed by atoms with van der Waals surface area (Å²) in [4.78, 5) is 17.1. The number of benzene rings is 2. The second kappa shape index (κ2) is 9.33. The summed E-state index contributed by atoms with van der Waals surface area (Å²) in [6, 6.07) is 19.0. The van der Waals surface area contributed by atoms with Crippen molar-refractivity contribution in [3.8, 4) is 11.3 Å². The van der Waals surface area contributed by atoms with Gasteiger partial charge in [-0.15, -0.1) is 0 Å². The zero-order chi connectivity index (χ0) is 19.1. The first-order valence-corrected chi connectivity index (χ1v) is 9.57. The Kier molecular flexibility index (Phi) is 6.61. The van der Waals surface area contributed by atoms with E-state index >= 15 is 0 Å². The third kappa shape index (κ3) is 5.18.